The zero-order chi connectivity index (χ0) is 22.9. The fourth-order valence-electron chi connectivity index (χ4n) is 4.03. The quantitative estimate of drug-likeness (QED) is 0.638. The van der Waals surface area contributed by atoms with Crippen LogP contribution in [0.15, 0.2) is 57.8 Å². The largest absolute Gasteiger partial charge is 0.362 e. The van der Waals surface area contributed by atoms with Crippen molar-refractivity contribution in [2.24, 2.45) is 4.40 Å². The van der Waals surface area contributed by atoms with Gasteiger partial charge in [-0.3, -0.25) is 9.78 Å². The molecule has 1 N–H and O–H groups in total. The molecule has 2 heterocycles. The minimum Gasteiger partial charge on any atom is -0.362 e. The van der Waals surface area contributed by atoms with Gasteiger partial charge in [0.25, 0.3) is 10.0 Å². The van der Waals surface area contributed by atoms with Gasteiger partial charge in [-0.1, -0.05) is 24.3 Å². The highest BCUT2D eigenvalue weighted by Gasteiger charge is 2.21. The number of likely N-dealkylation sites (tertiary alicyclic amines) is 1. The maximum Gasteiger partial charge on any atom is 0.284 e. The zero-order valence-electron chi connectivity index (χ0n) is 18.4. The first-order chi connectivity index (χ1) is 15.2. The van der Waals surface area contributed by atoms with Gasteiger partial charge in [0.05, 0.1) is 16.8 Å². The predicted molar refractivity (Wildman–Crippen MR) is 126 cm³/mol. The summed E-state index contributed by atoms with van der Waals surface area (Å²) in [6, 6.07) is 14.1. The Labute approximate surface area is 188 Å². The van der Waals surface area contributed by atoms with Crippen LogP contribution in [0.25, 0.3) is 10.9 Å². The Hall–Kier alpha value is -3.26. The van der Waals surface area contributed by atoms with Crippen LogP contribution in [0.5, 0.6) is 0 Å². The molecular formula is C24H26N4O3S. The third-order valence-electron chi connectivity index (χ3n) is 5.80. The van der Waals surface area contributed by atoms with E-state index in [0.29, 0.717) is 17.9 Å². The molecule has 1 aromatic heterocycles. The monoisotopic (exact) mass is 450 g/mol. The second-order valence-electron chi connectivity index (χ2n) is 8.08. The van der Waals surface area contributed by atoms with E-state index in [1.807, 2.05) is 50.1 Å². The molecule has 8 heteroatoms. The Balaban J connectivity index is 1.54. The molecule has 1 aliphatic rings. The van der Waals surface area contributed by atoms with Gasteiger partial charge >= 0.3 is 0 Å². The highest BCUT2D eigenvalue weighted by atomic mass is 32.2. The summed E-state index contributed by atoms with van der Waals surface area (Å²) in [4.78, 5) is 19.3. The van der Waals surface area contributed by atoms with Crippen molar-refractivity contribution in [1.82, 2.24) is 9.88 Å². The van der Waals surface area contributed by atoms with Crippen molar-refractivity contribution < 1.29 is 13.2 Å². The smallest absolute Gasteiger partial charge is 0.284 e. The fraction of sp³-hybridized carbons (Fsp3) is 0.292. The van der Waals surface area contributed by atoms with Crippen LogP contribution in [0.3, 0.4) is 0 Å². The number of carbonyl (C=O) groups is 1. The molecular weight excluding hydrogens is 424 g/mol. The molecule has 0 bridgehead atoms. The highest BCUT2D eigenvalue weighted by Crippen LogP contribution is 2.24. The predicted octanol–water partition coefficient (Wildman–Crippen LogP) is 3.85. The van der Waals surface area contributed by atoms with E-state index in [9.17, 15) is 13.2 Å². The summed E-state index contributed by atoms with van der Waals surface area (Å²) < 4.78 is 29.5. The molecule has 7 nitrogen and oxygen atoms in total. The molecule has 3 aromatic rings. The Bertz CT molecular complexity index is 1330. The number of benzene rings is 2. The average molecular weight is 451 g/mol. The van der Waals surface area contributed by atoms with Crippen LogP contribution in [0.1, 0.15) is 29.7 Å². The molecule has 1 amide bonds. The molecule has 0 saturated carbocycles. The fourth-order valence-corrected chi connectivity index (χ4v) is 5.17. The lowest BCUT2D eigenvalue weighted by atomic mass is 9.99. The van der Waals surface area contributed by atoms with Gasteiger partial charge in [0.1, 0.15) is 5.84 Å². The first kappa shape index (κ1) is 22.0. The molecule has 0 radical (unpaired) electrons. The molecule has 0 unspecified atom stereocenters. The molecule has 32 heavy (non-hydrogen) atoms. The van der Waals surface area contributed by atoms with Crippen molar-refractivity contribution in [3.8, 4) is 0 Å². The summed E-state index contributed by atoms with van der Waals surface area (Å²) in [5.41, 5.74) is 4.03. The van der Waals surface area contributed by atoms with Crippen molar-refractivity contribution in [2.75, 3.05) is 18.9 Å². The maximum atomic E-state index is 12.8. The summed E-state index contributed by atoms with van der Waals surface area (Å²) in [6.45, 7) is 4.69. The number of rotatable bonds is 5. The molecule has 1 fully saturated rings. The van der Waals surface area contributed by atoms with Crippen molar-refractivity contribution in [3.63, 3.8) is 0 Å². The van der Waals surface area contributed by atoms with Crippen LogP contribution in [0.2, 0.25) is 0 Å². The van der Waals surface area contributed by atoms with Crippen molar-refractivity contribution in [3.05, 3.63) is 65.4 Å². The van der Waals surface area contributed by atoms with Gasteiger partial charge < -0.3 is 10.2 Å². The third kappa shape index (κ3) is 4.50. The van der Waals surface area contributed by atoms with Crippen LogP contribution in [0.4, 0.5) is 5.69 Å². The number of carbonyl (C=O) groups excluding carboxylic acids is 1. The number of pyridine rings is 1. The van der Waals surface area contributed by atoms with Crippen LogP contribution in [-0.4, -0.2) is 43.6 Å². The normalized spacial score (nSPS) is 15.5. The van der Waals surface area contributed by atoms with Gasteiger partial charge in [-0.25, -0.2) is 0 Å². The summed E-state index contributed by atoms with van der Waals surface area (Å²) in [7, 11) is -2.01. The average Bonchev–Trinajstić information content (AvgIpc) is 3.15. The van der Waals surface area contributed by atoms with Gasteiger partial charge in [-0.05, 0) is 55.7 Å². The number of aryl methyl sites for hydroxylation is 2. The molecule has 166 valence electrons. The second kappa shape index (κ2) is 8.70. The minimum absolute atomic E-state index is 0.0582. The van der Waals surface area contributed by atoms with Gasteiger partial charge in [-0.2, -0.15) is 8.42 Å². The third-order valence-corrected chi connectivity index (χ3v) is 7.10. The van der Waals surface area contributed by atoms with Crippen molar-refractivity contribution in [2.45, 2.75) is 38.0 Å². The molecule has 4 rings (SSSR count). The number of hydrogen-bond donors (Lipinski definition) is 1. The number of aromatic nitrogens is 1. The summed E-state index contributed by atoms with van der Waals surface area (Å²) in [5.74, 6) is 0.332. The number of para-hydroxylation sites is 1. The molecule has 0 spiro atoms. The van der Waals surface area contributed by atoms with E-state index < -0.39 is 10.0 Å². The first-order valence-electron chi connectivity index (χ1n) is 10.5. The Morgan fingerprint density at radius 3 is 2.69 bits per heavy atom. The summed E-state index contributed by atoms with van der Waals surface area (Å²) in [6.07, 6.45) is 1.69. The van der Waals surface area contributed by atoms with Gasteiger partial charge in [0, 0.05) is 36.8 Å². The van der Waals surface area contributed by atoms with Gasteiger partial charge in [0.15, 0.2) is 0 Å². The Morgan fingerprint density at radius 2 is 1.94 bits per heavy atom. The van der Waals surface area contributed by atoms with E-state index in [-0.39, 0.29) is 17.2 Å². The molecule has 0 atom stereocenters. The lowest BCUT2D eigenvalue weighted by Crippen LogP contribution is -2.20. The van der Waals surface area contributed by atoms with E-state index >= 15 is 0 Å². The van der Waals surface area contributed by atoms with E-state index in [1.54, 1.807) is 12.1 Å². The first-order valence-corrected chi connectivity index (χ1v) is 12.0. The van der Waals surface area contributed by atoms with Crippen molar-refractivity contribution in [1.29, 1.82) is 0 Å². The number of fused-ring (bicyclic) bond motifs is 1. The SMILES string of the molecule is Cc1nc2ccccc2c(C)c1CC(=O)Nc1cccc(S(=O)(=O)/N=C2\CCCN2C)c1. The van der Waals surface area contributed by atoms with E-state index in [2.05, 4.69) is 14.7 Å². The van der Waals surface area contributed by atoms with Gasteiger partial charge in [-0.15, -0.1) is 4.40 Å². The Morgan fingerprint density at radius 1 is 1.16 bits per heavy atom. The molecule has 1 saturated heterocycles. The van der Waals surface area contributed by atoms with Crippen molar-refractivity contribution >= 4 is 38.4 Å². The number of sulfonamides is 1. The van der Waals surface area contributed by atoms with Crippen LogP contribution in [-0.2, 0) is 21.2 Å². The number of amides is 1. The van der Waals surface area contributed by atoms with E-state index in [4.69, 9.17) is 0 Å². The van der Waals surface area contributed by atoms with Crippen LogP contribution >= 0.6 is 0 Å². The van der Waals surface area contributed by atoms with Crippen LogP contribution < -0.4 is 5.32 Å². The number of amidine groups is 1. The number of nitrogens with zero attached hydrogens (tertiary/aromatic N) is 3. The zero-order valence-corrected chi connectivity index (χ0v) is 19.2. The Kier molecular flexibility index (Phi) is 5.97. The maximum absolute atomic E-state index is 12.8. The van der Waals surface area contributed by atoms with Crippen LogP contribution in [0, 0.1) is 13.8 Å². The minimum atomic E-state index is -3.85. The van der Waals surface area contributed by atoms with E-state index in [0.717, 1.165) is 40.7 Å². The molecule has 2 aromatic carbocycles. The highest BCUT2D eigenvalue weighted by molar-refractivity contribution is 7.90. The standard InChI is InChI=1S/C24H26N4O3S/c1-16-20-10-4-5-11-22(20)25-17(2)21(16)15-24(29)26-18-8-6-9-19(14-18)32(30,31)27-23-12-7-13-28(23)3/h4-6,8-11,14H,7,12-13,15H2,1-3H3,(H,26,29)/b27-23+. The lowest BCUT2D eigenvalue weighted by Gasteiger charge is -2.13. The summed E-state index contributed by atoms with van der Waals surface area (Å²) >= 11 is 0. The topological polar surface area (TPSA) is 91.7 Å². The van der Waals surface area contributed by atoms with Gasteiger partial charge in [0.2, 0.25) is 5.91 Å². The van der Waals surface area contributed by atoms with E-state index in [1.165, 1.54) is 12.1 Å². The second-order valence-corrected chi connectivity index (χ2v) is 9.68. The lowest BCUT2D eigenvalue weighted by molar-refractivity contribution is -0.115. The number of anilines is 1. The molecule has 1 aliphatic heterocycles. The number of hydrogen-bond acceptors (Lipinski definition) is 4. The molecule has 0 aliphatic carbocycles. The summed E-state index contributed by atoms with van der Waals surface area (Å²) in [5, 5.41) is 3.84. The number of nitrogens with one attached hydrogen (secondary N) is 1.